The summed E-state index contributed by atoms with van der Waals surface area (Å²) in [5.41, 5.74) is 2.21. The van der Waals surface area contributed by atoms with Crippen molar-refractivity contribution in [2.75, 3.05) is 33.1 Å². The first kappa shape index (κ1) is 21.4. The van der Waals surface area contributed by atoms with Gasteiger partial charge in [-0.25, -0.2) is 4.98 Å². The molecule has 1 aliphatic rings. The Morgan fingerprint density at radius 1 is 1.09 bits per heavy atom. The molecule has 5 rings (SSSR count). The molecule has 0 atom stereocenters. The monoisotopic (exact) mass is 464 g/mol. The van der Waals surface area contributed by atoms with Gasteiger partial charge in [-0.3, -0.25) is 14.2 Å². The number of nitrogens with zero attached hydrogens (tertiary/aromatic N) is 3. The van der Waals surface area contributed by atoms with Crippen molar-refractivity contribution < 1.29 is 14.3 Å². The maximum Gasteiger partial charge on any atom is 0.283 e. The summed E-state index contributed by atoms with van der Waals surface area (Å²) in [5, 5.41) is 1.33. The molecule has 0 radical (unpaired) electrons. The largest absolute Gasteiger partial charge is 0.493 e. The molecule has 1 aliphatic heterocycles. The second kappa shape index (κ2) is 8.82. The van der Waals surface area contributed by atoms with Gasteiger partial charge in [0.05, 0.1) is 25.7 Å². The molecule has 0 aliphatic carbocycles. The highest BCUT2D eigenvalue weighted by molar-refractivity contribution is 7.99. The second-order valence-electron chi connectivity index (χ2n) is 7.84. The topological polar surface area (TPSA) is 89.5 Å². The molecule has 2 aromatic heterocycles. The summed E-state index contributed by atoms with van der Waals surface area (Å²) < 4.78 is 12.3. The molecule has 0 saturated carbocycles. The van der Waals surface area contributed by atoms with Gasteiger partial charge < -0.3 is 19.4 Å². The van der Waals surface area contributed by atoms with Crippen LogP contribution in [0.2, 0.25) is 0 Å². The molecular weight excluding hydrogens is 440 g/mol. The predicted octanol–water partition coefficient (Wildman–Crippen LogP) is 3.60. The van der Waals surface area contributed by atoms with Crippen LogP contribution in [0.1, 0.15) is 12.8 Å². The third-order valence-electron chi connectivity index (χ3n) is 5.90. The van der Waals surface area contributed by atoms with E-state index >= 15 is 0 Å². The zero-order chi connectivity index (χ0) is 22.9. The molecule has 4 aromatic rings. The molecular formula is C24H24N4O4S. The lowest BCUT2D eigenvalue weighted by molar-refractivity contribution is -0.127. The van der Waals surface area contributed by atoms with Gasteiger partial charge in [-0.15, -0.1) is 0 Å². The van der Waals surface area contributed by atoms with E-state index in [0.717, 1.165) is 36.8 Å². The van der Waals surface area contributed by atoms with Crippen LogP contribution in [0.4, 0.5) is 0 Å². The SMILES string of the molecule is COc1ccc(-n2c(SCC(=O)N3CCCC3)nc3c([nH]c4ccccc43)c2=O)cc1OC. The lowest BCUT2D eigenvalue weighted by Crippen LogP contribution is -2.29. The molecule has 0 spiro atoms. The van der Waals surface area contributed by atoms with Crippen molar-refractivity contribution in [1.82, 2.24) is 19.4 Å². The number of nitrogens with one attached hydrogen (secondary N) is 1. The molecule has 1 amide bonds. The smallest absolute Gasteiger partial charge is 0.283 e. The number of rotatable bonds is 6. The van der Waals surface area contributed by atoms with Crippen molar-refractivity contribution in [3.8, 4) is 17.2 Å². The van der Waals surface area contributed by atoms with Crippen LogP contribution in [-0.4, -0.2) is 58.4 Å². The summed E-state index contributed by atoms with van der Waals surface area (Å²) in [6, 6.07) is 13.0. The number of carbonyl (C=O) groups is 1. The van der Waals surface area contributed by atoms with Gasteiger partial charge in [0.1, 0.15) is 11.0 Å². The summed E-state index contributed by atoms with van der Waals surface area (Å²) in [6.45, 7) is 1.58. The lowest BCUT2D eigenvalue weighted by Gasteiger charge is -2.17. The average molecular weight is 465 g/mol. The summed E-state index contributed by atoms with van der Waals surface area (Å²) in [6.07, 6.45) is 2.07. The van der Waals surface area contributed by atoms with Gasteiger partial charge in [0.25, 0.3) is 5.56 Å². The molecule has 0 bridgehead atoms. The van der Waals surface area contributed by atoms with E-state index in [1.807, 2.05) is 29.2 Å². The molecule has 2 aromatic carbocycles. The summed E-state index contributed by atoms with van der Waals surface area (Å²) in [4.78, 5) is 36.3. The number of ether oxygens (including phenoxy) is 2. The van der Waals surface area contributed by atoms with Crippen LogP contribution in [0.15, 0.2) is 52.4 Å². The fraction of sp³-hybridized carbons (Fsp3) is 0.292. The minimum absolute atomic E-state index is 0.0598. The highest BCUT2D eigenvalue weighted by atomic mass is 32.2. The Morgan fingerprint density at radius 2 is 1.85 bits per heavy atom. The van der Waals surface area contributed by atoms with Crippen LogP contribution >= 0.6 is 11.8 Å². The van der Waals surface area contributed by atoms with Gasteiger partial charge in [-0.2, -0.15) is 0 Å². The maximum absolute atomic E-state index is 13.7. The van der Waals surface area contributed by atoms with Gasteiger partial charge in [0.2, 0.25) is 5.91 Å². The number of aromatic nitrogens is 3. The van der Waals surface area contributed by atoms with Crippen LogP contribution in [0.3, 0.4) is 0 Å². The van der Waals surface area contributed by atoms with E-state index in [1.54, 1.807) is 32.4 Å². The third kappa shape index (κ3) is 3.82. The molecule has 0 unspecified atom stereocenters. The quantitative estimate of drug-likeness (QED) is 0.346. The number of H-pyrrole nitrogens is 1. The second-order valence-corrected chi connectivity index (χ2v) is 8.79. The molecule has 1 saturated heterocycles. The van der Waals surface area contributed by atoms with Crippen molar-refractivity contribution in [1.29, 1.82) is 0 Å². The Labute approximate surface area is 194 Å². The van der Waals surface area contributed by atoms with Gasteiger partial charge in [-0.05, 0) is 31.0 Å². The van der Waals surface area contributed by atoms with Crippen molar-refractivity contribution in [3.05, 3.63) is 52.8 Å². The van der Waals surface area contributed by atoms with Gasteiger partial charge >= 0.3 is 0 Å². The third-order valence-corrected chi connectivity index (χ3v) is 6.83. The van der Waals surface area contributed by atoms with Crippen LogP contribution < -0.4 is 15.0 Å². The Hall–Kier alpha value is -3.46. The van der Waals surface area contributed by atoms with E-state index in [9.17, 15) is 9.59 Å². The zero-order valence-electron chi connectivity index (χ0n) is 18.5. The van der Waals surface area contributed by atoms with E-state index in [0.29, 0.717) is 33.4 Å². The minimum atomic E-state index is -0.237. The first-order valence-electron chi connectivity index (χ1n) is 10.8. The van der Waals surface area contributed by atoms with Gasteiger partial charge in [-0.1, -0.05) is 30.0 Å². The van der Waals surface area contributed by atoms with Gasteiger partial charge in [0.15, 0.2) is 16.7 Å². The summed E-state index contributed by atoms with van der Waals surface area (Å²) in [5.74, 6) is 1.34. The van der Waals surface area contributed by atoms with E-state index < -0.39 is 0 Å². The van der Waals surface area contributed by atoms with Crippen molar-refractivity contribution in [2.45, 2.75) is 18.0 Å². The number of likely N-dealkylation sites (tertiary alicyclic amines) is 1. The van der Waals surface area contributed by atoms with Crippen LogP contribution in [-0.2, 0) is 4.79 Å². The maximum atomic E-state index is 13.7. The number of fused-ring (bicyclic) bond motifs is 3. The average Bonchev–Trinajstić information content (AvgIpc) is 3.51. The van der Waals surface area contributed by atoms with Crippen molar-refractivity contribution >= 4 is 39.6 Å². The number of aromatic amines is 1. The molecule has 1 N–H and O–H groups in total. The fourth-order valence-corrected chi connectivity index (χ4v) is 5.12. The number of carbonyl (C=O) groups excluding carboxylic acids is 1. The number of thioether (sulfide) groups is 1. The number of hydrogen-bond donors (Lipinski definition) is 1. The standard InChI is InChI=1S/C24H24N4O4S/c1-31-18-10-9-15(13-19(18)32-2)28-23(30)22-21(16-7-3-4-8-17(16)25-22)26-24(28)33-14-20(29)27-11-5-6-12-27/h3-4,7-10,13,25H,5-6,11-12,14H2,1-2H3. The Morgan fingerprint density at radius 3 is 2.61 bits per heavy atom. The summed E-state index contributed by atoms with van der Waals surface area (Å²) in [7, 11) is 3.11. The van der Waals surface area contributed by atoms with Crippen molar-refractivity contribution in [2.24, 2.45) is 0 Å². The molecule has 33 heavy (non-hydrogen) atoms. The highest BCUT2D eigenvalue weighted by Gasteiger charge is 2.22. The van der Waals surface area contributed by atoms with E-state index in [4.69, 9.17) is 14.5 Å². The molecule has 8 nitrogen and oxygen atoms in total. The predicted molar refractivity (Wildman–Crippen MR) is 129 cm³/mol. The van der Waals surface area contributed by atoms with Gasteiger partial charge in [0, 0.05) is 30.1 Å². The molecule has 3 heterocycles. The van der Waals surface area contributed by atoms with Crippen molar-refractivity contribution in [3.63, 3.8) is 0 Å². The van der Waals surface area contributed by atoms with E-state index in [1.165, 1.54) is 16.3 Å². The highest BCUT2D eigenvalue weighted by Crippen LogP contribution is 2.31. The lowest BCUT2D eigenvalue weighted by atomic mass is 10.2. The first-order valence-corrected chi connectivity index (χ1v) is 11.8. The number of benzene rings is 2. The van der Waals surface area contributed by atoms with E-state index in [2.05, 4.69) is 4.98 Å². The van der Waals surface area contributed by atoms with Crippen LogP contribution in [0.25, 0.3) is 27.6 Å². The molecule has 9 heteroatoms. The number of amides is 1. The Bertz CT molecular complexity index is 1410. The first-order chi connectivity index (χ1) is 16.1. The normalized spacial score (nSPS) is 13.7. The zero-order valence-corrected chi connectivity index (χ0v) is 19.3. The number of methoxy groups -OCH3 is 2. The molecule has 1 fully saturated rings. The fourth-order valence-electron chi connectivity index (χ4n) is 4.21. The number of para-hydroxylation sites is 1. The van der Waals surface area contributed by atoms with E-state index in [-0.39, 0.29) is 17.2 Å². The van der Waals surface area contributed by atoms with Crippen LogP contribution in [0.5, 0.6) is 11.5 Å². The molecule has 170 valence electrons. The summed E-state index contributed by atoms with van der Waals surface area (Å²) >= 11 is 1.28. The Balaban J connectivity index is 1.66. The van der Waals surface area contributed by atoms with Crippen LogP contribution in [0, 0.1) is 0 Å². The number of hydrogen-bond acceptors (Lipinski definition) is 6. The Kier molecular flexibility index (Phi) is 5.72. The minimum Gasteiger partial charge on any atom is -0.493 e.